The van der Waals surface area contributed by atoms with Crippen LogP contribution in [0.1, 0.15) is 46.5 Å². The van der Waals surface area contributed by atoms with Crippen molar-refractivity contribution in [1.82, 2.24) is 0 Å². The molecular formula is C10H18. The van der Waals surface area contributed by atoms with Gasteiger partial charge in [-0.3, -0.25) is 0 Å². The average Bonchev–Trinajstić information content (AvgIpc) is 2.59. The molecule has 0 aromatic heterocycles. The molecule has 0 nitrogen and oxygen atoms in total. The second-order valence-corrected chi connectivity index (χ2v) is 3.44. The lowest BCUT2D eigenvalue weighted by Crippen LogP contribution is -2.01. The Morgan fingerprint density at radius 2 is 2.00 bits per heavy atom. The fourth-order valence-corrected chi connectivity index (χ4v) is 1.70. The van der Waals surface area contributed by atoms with Crippen LogP contribution in [0.5, 0.6) is 0 Å². The average molecular weight is 138 g/mol. The summed E-state index contributed by atoms with van der Waals surface area (Å²) in [5.41, 5.74) is 2.22. The molecule has 0 amide bonds. The highest BCUT2D eigenvalue weighted by Crippen LogP contribution is 2.50. The molecule has 0 bridgehead atoms. The van der Waals surface area contributed by atoms with Gasteiger partial charge in [-0.2, -0.15) is 0 Å². The van der Waals surface area contributed by atoms with Crippen molar-refractivity contribution in [3.8, 4) is 0 Å². The molecule has 0 saturated heterocycles. The van der Waals surface area contributed by atoms with Crippen molar-refractivity contribution in [3.05, 3.63) is 11.6 Å². The van der Waals surface area contributed by atoms with E-state index in [-0.39, 0.29) is 0 Å². The Labute approximate surface area is 64.3 Å². The Balaban J connectivity index is 2.25. The molecule has 58 valence electrons. The molecule has 0 N–H and O–H groups in total. The van der Waals surface area contributed by atoms with E-state index in [2.05, 4.69) is 26.8 Å². The van der Waals surface area contributed by atoms with Crippen LogP contribution < -0.4 is 0 Å². The Bertz CT molecular complexity index is 144. The van der Waals surface area contributed by atoms with Crippen LogP contribution in [0.3, 0.4) is 0 Å². The van der Waals surface area contributed by atoms with Crippen LogP contribution in [0.25, 0.3) is 0 Å². The van der Waals surface area contributed by atoms with Crippen LogP contribution in [-0.4, -0.2) is 0 Å². The minimum absolute atomic E-state index is 0.593. The van der Waals surface area contributed by atoms with Gasteiger partial charge in [-0.05, 0) is 19.8 Å². The van der Waals surface area contributed by atoms with Gasteiger partial charge in [-0.1, -0.05) is 38.3 Å². The number of hydrogen-bond donors (Lipinski definition) is 0. The first-order valence-corrected chi connectivity index (χ1v) is 4.45. The van der Waals surface area contributed by atoms with E-state index < -0.39 is 0 Å². The molecule has 0 radical (unpaired) electrons. The fraction of sp³-hybridized carbons (Fsp3) is 0.800. The normalized spacial score (nSPS) is 30.1. The summed E-state index contributed by atoms with van der Waals surface area (Å²) in [6, 6.07) is 0. The van der Waals surface area contributed by atoms with Gasteiger partial charge in [0.15, 0.2) is 0 Å². The molecule has 1 aliphatic carbocycles. The highest BCUT2D eigenvalue weighted by atomic mass is 14.4. The van der Waals surface area contributed by atoms with Crippen molar-refractivity contribution in [3.63, 3.8) is 0 Å². The van der Waals surface area contributed by atoms with E-state index in [1.54, 1.807) is 5.57 Å². The zero-order valence-corrected chi connectivity index (χ0v) is 7.41. The maximum atomic E-state index is 2.43. The van der Waals surface area contributed by atoms with Gasteiger partial charge < -0.3 is 0 Å². The second-order valence-electron chi connectivity index (χ2n) is 3.44. The van der Waals surface area contributed by atoms with E-state index in [0.717, 1.165) is 0 Å². The minimum atomic E-state index is 0.593. The van der Waals surface area contributed by atoms with Crippen molar-refractivity contribution in [2.75, 3.05) is 0 Å². The van der Waals surface area contributed by atoms with Crippen LogP contribution in [0, 0.1) is 5.41 Å². The molecule has 1 rings (SSSR count). The number of rotatable bonds is 4. The molecule has 1 aliphatic rings. The van der Waals surface area contributed by atoms with Gasteiger partial charge in [0.05, 0.1) is 0 Å². The van der Waals surface area contributed by atoms with Gasteiger partial charge in [0.2, 0.25) is 0 Å². The Morgan fingerprint density at radius 3 is 2.30 bits per heavy atom. The third-order valence-electron chi connectivity index (χ3n) is 2.80. The standard InChI is InChI=1S/C10H18/c1-4-6-7-10(5-2)8-9(10)3/h8H,4-7H2,1-3H3. The summed E-state index contributed by atoms with van der Waals surface area (Å²) in [5, 5.41) is 0. The molecule has 1 unspecified atom stereocenters. The summed E-state index contributed by atoms with van der Waals surface area (Å²) in [6.45, 7) is 6.82. The summed E-state index contributed by atoms with van der Waals surface area (Å²) in [5.74, 6) is 0. The lowest BCUT2D eigenvalue weighted by atomic mass is 9.91. The van der Waals surface area contributed by atoms with Crippen LogP contribution >= 0.6 is 0 Å². The highest BCUT2D eigenvalue weighted by Gasteiger charge is 2.37. The van der Waals surface area contributed by atoms with Crippen LogP contribution in [0.2, 0.25) is 0 Å². The van der Waals surface area contributed by atoms with E-state index in [4.69, 9.17) is 0 Å². The zero-order chi connectivity index (χ0) is 7.61. The first-order valence-electron chi connectivity index (χ1n) is 4.45. The Kier molecular flexibility index (Phi) is 2.18. The summed E-state index contributed by atoms with van der Waals surface area (Å²) in [6.07, 6.45) is 7.87. The van der Waals surface area contributed by atoms with Gasteiger partial charge in [0, 0.05) is 5.41 Å². The predicted octanol–water partition coefficient (Wildman–Crippen LogP) is 3.53. The van der Waals surface area contributed by atoms with E-state index in [0.29, 0.717) is 5.41 Å². The zero-order valence-electron chi connectivity index (χ0n) is 7.41. The lowest BCUT2D eigenvalue weighted by Gasteiger charge is -2.13. The van der Waals surface area contributed by atoms with E-state index >= 15 is 0 Å². The fourth-order valence-electron chi connectivity index (χ4n) is 1.70. The van der Waals surface area contributed by atoms with Gasteiger partial charge in [-0.15, -0.1) is 0 Å². The maximum Gasteiger partial charge on any atom is 0.00885 e. The molecule has 0 aromatic rings. The first kappa shape index (κ1) is 7.84. The predicted molar refractivity (Wildman–Crippen MR) is 46.0 cm³/mol. The number of hydrogen-bond acceptors (Lipinski definition) is 0. The van der Waals surface area contributed by atoms with Crippen molar-refractivity contribution in [2.45, 2.75) is 46.5 Å². The van der Waals surface area contributed by atoms with Crippen LogP contribution in [0.4, 0.5) is 0 Å². The smallest absolute Gasteiger partial charge is 0.00885 e. The van der Waals surface area contributed by atoms with Gasteiger partial charge in [-0.25, -0.2) is 0 Å². The Hall–Kier alpha value is -0.260. The number of unbranched alkanes of at least 4 members (excludes halogenated alkanes) is 1. The van der Waals surface area contributed by atoms with E-state index in [1.165, 1.54) is 25.7 Å². The largest absolute Gasteiger partial charge is 0.0745 e. The first-order chi connectivity index (χ1) is 4.75. The third-order valence-corrected chi connectivity index (χ3v) is 2.80. The Morgan fingerprint density at radius 1 is 1.40 bits per heavy atom. The topological polar surface area (TPSA) is 0 Å². The SMILES string of the molecule is CCCCC1(CC)C=C1C. The molecule has 0 aromatic carbocycles. The summed E-state index contributed by atoms with van der Waals surface area (Å²) >= 11 is 0. The number of allylic oxidation sites excluding steroid dienone is 2. The highest BCUT2D eigenvalue weighted by molar-refractivity contribution is 5.36. The van der Waals surface area contributed by atoms with E-state index in [9.17, 15) is 0 Å². The minimum Gasteiger partial charge on any atom is -0.0745 e. The quantitative estimate of drug-likeness (QED) is 0.521. The van der Waals surface area contributed by atoms with Crippen LogP contribution in [0.15, 0.2) is 11.6 Å². The monoisotopic (exact) mass is 138 g/mol. The molecule has 0 heteroatoms. The molecule has 0 spiro atoms. The molecule has 10 heavy (non-hydrogen) atoms. The van der Waals surface area contributed by atoms with Crippen LogP contribution in [-0.2, 0) is 0 Å². The van der Waals surface area contributed by atoms with Crippen molar-refractivity contribution < 1.29 is 0 Å². The van der Waals surface area contributed by atoms with Gasteiger partial charge in [0.25, 0.3) is 0 Å². The molecule has 1 atom stereocenters. The van der Waals surface area contributed by atoms with Gasteiger partial charge in [0.1, 0.15) is 0 Å². The van der Waals surface area contributed by atoms with Crippen molar-refractivity contribution >= 4 is 0 Å². The maximum absolute atomic E-state index is 2.43. The summed E-state index contributed by atoms with van der Waals surface area (Å²) in [7, 11) is 0. The summed E-state index contributed by atoms with van der Waals surface area (Å²) in [4.78, 5) is 0. The third kappa shape index (κ3) is 1.25. The molecule has 0 aliphatic heterocycles. The molecule has 0 fully saturated rings. The molecular weight excluding hydrogens is 120 g/mol. The van der Waals surface area contributed by atoms with Gasteiger partial charge >= 0.3 is 0 Å². The lowest BCUT2D eigenvalue weighted by molar-refractivity contribution is 0.462. The van der Waals surface area contributed by atoms with E-state index in [1.807, 2.05) is 0 Å². The molecule has 0 heterocycles. The van der Waals surface area contributed by atoms with Crippen molar-refractivity contribution in [1.29, 1.82) is 0 Å². The van der Waals surface area contributed by atoms with Crippen molar-refractivity contribution in [2.24, 2.45) is 5.41 Å². The second kappa shape index (κ2) is 2.77. The molecule has 0 saturated carbocycles. The summed E-state index contributed by atoms with van der Waals surface area (Å²) < 4.78 is 0.